The molecule has 0 saturated heterocycles. The smallest absolute Gasteiger partial charge is 0.261 e. The van der Waals surface area contributed by atoms with Gasteiger partial charge in [-0.25, -0.2) is 4.98 Å². The van der Waals surface area contributed by atoms with Crippen LogP contribution < -0.4 is 10.6 Å². The fraction of sp³-hybridized carbons (Fsp3) is 0.412. The number of anilines is 1. The molecule has 132 valence electrons. The van der Waals surface area contributed by atoms with Gasteiger partial charge in [-0.2, -0.15) is 0 Å². The lowest BCUT2D eigenvalue weighted by Crippen LogP contribution is -2.32. The minimum atomic E-state index is -0.362. The molecule has 0 spiro atoms. The van der Waals surface area contributed by atoms with E-state index in [0.29, 0.717) is 21.3 Å². The number of thiophene rings is 1. The molecule has 25 heavy (non-hydrogen) atoms. The van der Waals surface area contributed by atoms with Crippen molar-refractivity contribution in [1.82, 2.24) is 10.3 Å². The quantitative estimate of drug-likeness (QED) is 0.857. The van der Waals surface area contributed by atoms with E-state index in [2.05, 4.69) is 15.6 Å². The van der Waals surface area contributed by atoms with Crippen molar-refractivity contribution < 1.29 is 14.4 Å². The number of fused-ring (bicyclic) bond motifs is 1. The van der Waals surface area contributed by atoms with Crippen LogP contribution >= 0.6 is 22.7 Å². The highest BCUT2D eigenvalue weighted by molar-refractivity contribution is 7.17. The van der Waals surface area contributed by atoms with Crippen molar-refractivity contribution in [3.8, 4) is 0 Å². The third kappa shape index (κ3) is 4.13. The molecule has 1 aliphatic rings. The number of aromatic nitrogens is 1. The standard InChI is InChI=1S/C17H19N3O3S2/c1-9-4-5-12(24-9)15(23)18-8-13(22)20-16-19-10-6-17(2,3)7-11(21)14(10)25-16/h4-5H,6-8H2,1-3H3,(H,18,23)(H,19,20,22). The molecule has 3 rings (SSSR count). The lowest BCUT2D eigenvalue weighted by atomic mass is 9.78. The minimum absolute atomic E-state index is 0.0746. The summed E-state index contributed by atoms with van der Waals surface area (Å²) in [6.07, 6.45) is 1.21. The molecule has 0 fully saturated rings. The topological polar surface area (TPSA) is 88.2 Å². The van der Waals surface area contributed by atoms with Crippen molar-refractivity contribution in [1.29, 1.82) is 0 Å². The Balaban J connectivity index is 1.59. The van der Waals surface area contributed by atoms with Gasteiger partial charge in [0.25, 0.3) is 5.91 Å². The van der Waals surface area contributed by atoms with Crippen LogP contribution in [0.25, 0.3) is 0 Å². The molecule has 2 amide bonds. The van der Waals surface area contributed by atoms with Gasteiger partial charge in [-0.15, -0.1) is 11.3 Å². The van der Waals surface area contributed by atoms with Gasteiger partial charge in [-0.05, 0) is 30.9 Å². The van der Waals surface area contributed by atoms with Gasteiger partial charge in [-0.3, -0.25) is 14.4 Å². The Morgan fingerprint density at radius 3 is 2.68 bits per heavy atom. The molecule has 0 aliphatic heterocycles. The molecule has 0 radical (unpaired) electrons. The molecule has 0 saturated carbocycles. The van der Waals surface area contributed by atoms with Crippen LogP contribution in [0.1, 0.15) is 50.2 Å². The summed E-state index contributed by atoms with van der Waals surface area (Å²) in [5, 5.41) is 5.65. The zero-order valence-electron chi connectivity index (χ0n) is 14.3. The number of hydrogen-bond acceptors (Lipinski definition) is 6. The number of Topliss-reactive ketones (excluding diaryl/α,β-unsaturated/α-hetero) is 1. The number of hydrogen-bond donors (Lipinski definition) is 2. The first-order valence-electron chi connectivity index (χ1n) is 7.91. The number of nitrogens with one attached hydrogen (secondary N) is 2. The highest BCUT2D eigenvalue weighted by Crippen LogP contribution is 2.38. The number of rotatable bonds is 4. The van der Waals surface area contributed by atoms with Crippen LogP contribution in [-0.4, -0.2) is 29.1 Å². The summed E-state index contributed by atoms with van der Waals surface area (Å²) in [5.74, 6) is -0.561. The van der Waals surface area contributed by atoms with Crippen molar-refractivity contribution >= 4 is 45.4 Å². The molecule has 1 aliphatic carbocycles. The van der Waals surface area contributed by atoms with E-state index >= 15 is 0 Å². The van der Waals surface area contributed by atoms with E-state index in [9.17, 15) is 14.4 Å². The van der Waals surface area contributed by atoms with Crippen LogP contribution in [0.2, 0.25) is 0 Å². The molecule has 2 aromatic rings. The van der Waals surface area contributed by atoms with Crippen LogP contribution in [0, 0.1) is 12.3 Å². The number of nitrogens with zero attached hydrogens (tertiary/aromatic N) is 1. The maximum Gasteiger partial charge on any atom is 0.261 e. The van der Waals surface area contributed by atoms with E-state index in [1.54, 1.807) is 6.07 Å². The Labute approximate surface area is 153 Å². The normalized spacial score (nSPS) is 15.6. The van der Waals surface area contributed by atoms with Gasteiger partial charge in [-0.1, -0.05) is 25.2 Å². The Bertz CT molecular complexity index is 851. The Morgan fingerprint density at radius 1 is 1.24 bits per heavy atom. The Kier molecular flexibility index (Phi) is 4.75. The first-order chi connectivity index (χ1) is 11.7. The molecule has 2 N–H and O–H groups in total. The van der Waals surface area contributed by atoms with Crippen LogP contribution in [0.5, 0.6) is 0 Å². The van der Waals surface area contributed by atoms with E-state index in [-0.39, 0.29) is 29.6 Å². The maximum atomic E-state index is 12.2. The molecule has 0 atom stereocenters. The number of amides is 2. The monoisotopic (exact) mass is 377 g/mol. The summed E-state index contributed by atoms with van der Waals surface area (Å²) in [4.78, 5) is 42.8. The van der Waals surface area contributed by atoms with Crippen molar-refractivity contribution in [3.05, 3.63) is 32.5 Å². The van der Waals surface area contributed by atoms with Crippen LogP contribution in [-0.2, 0) is 11.2 Å². The first kappa shape index (κ1) is 17.8. The van der Waals surface area contributed by atoms with E-state index in [1.807, 2.05) is 26.8 Å². The lowest BCUT2D eigenvalue weighted by Gasteiger charge is -2.26. The van der Waals surface area contributed by atoms with Gasteiger partial charge in [0.2, 0.25) is 5.91 Å². The summed E-state index contributed by atoms with van der Waals surface area (Å²) in [5.41, 5.74) is 0.645. The first-order valence-corrected chi connectivity index (χ1v) is 9.54. The van der Waals surface area contributed by atoms with Gasteiger partial charge in [0, 0.05) is 11.3 Å². The number of thiazole rings is 1. The average molecular weight is 377 g/mol. The second kappa shape index (κ2) is 6.68. The van der Waals surface area contributed by atoms with Gasteiger partial charge in [0.05, 0.1) is 22.0 Å². The van der Waals surface area contributed by atoms with Gasteiger partial charge >= 0.3 is 0 Å². The maximum absolute atomic E-state index is 12.2. The summed E-state index contributed by atoms with van der Waals surface area (Å²) < 4.78 is 0. The van der Waals surface area contributed by atoms with E-state index < -0.39 is 0 Å². The van der Waals surface area contributed by atoms with Crippen molar-refractivity contribution in [3.63, 3.8) is 0 Å². The largest absolute Gasteiger partial charge is 0.342 e. The molecule has 2 aromatic heterocycles. The van der Waals surface area contributed by atoms with E-state index in [0.717, 1.165) is 17.0 Å². The molecule has 0 unspecified atom stereocenters. The highest BCUT2D eigenvalue weighted by atomic mass is 32.1. The van der Waals surface area contributed by atoms with Gasteiger partial charge < -0.3 is 10.6 Å². The third-order valence-corrected chi connectivity index (χ3v) is 5.91. The van der Waals surface area contributed by atoms with Gasteiger partial charge in [0.15, 0.2) is 10.9 Å². The second-order valence-electron chi connectivity index (χ2n) is 6.88. The summed E-state index contributed by atoms with van der Waals surface area (Å²) >= 11 is 2.58. The average Bonchev–Trinajstić information content (AvgIpc) is 3.10. The summed E-state index contributed by atoms with van der Waals surface area (Å²) in [7, 11) is 0. The molecule has 0 bridgehead atoms. The second-order valence-corrected chi connectivity index (χ2v) is 9.16. The predicted molar refractivity (Wildman–Crippen MR) is 98.6 cm³/mol. The van der Waals surface area contributed by atoms with Gasteiger partial charge in [0.1, 0.15) is 0 Å². The van der Waals surface area contributed by atoms with Crippen molar-refractivity contribution in [2.24, 2.45) is 5.41 Å². The molecule has 0 aromatic carbocycles. The molecule has 2 heterocycles. The zero-order valence-corrected chi connectivity index (χ0v) is 15.9. The number of carbonyl (C=O) groups excluding carboxylic acids is 3. The molecular formula is C17H19N3O3S2. The number of aryl methyl sites for hydroxylation is 1. The van der Waals surface area contributed by atoms with Crippen molar-refractivity contribution in [2.75, 3.05) is 11.9 Å². The number of carbonyl (C=O) groups is 3. The third-order valence-electron chi connectivity index (χ3n) is 3.86. The van der Waals surface area contributed by atoms with Crippen LogP contribution in [0.4, 0.5) is 5.13 Å². The number of ketones is 1. The highest BCUT2D eigenvalue weighted by Gasteiger charge is 2.34. The Hall–Kier alpha value is -2.06. The minimum Gasteiger partial charge on any atom is -0.342 e. The summed E-state index contributed by atoms with van der Waals surface area (Å²) in [6.45, 7) is 5.85. The van der Waals surface area contributed by atoms with Crippen molar-refractivity contribution in [2.45, 2.75) is 33.6 Å². The fourth-order valence-electron chi connectivity index (χ4n) is 2.74. The Morgan fingerprint density at radius 2 is 2.00 bits per heavy atom. The summed E-state index contributed by atoms with van der Waals surface area (Å²) in [6, 6.07) is 3.59. The SMILES string of the molecule is Cc1ccc(C(=O)NCC(=O)Nc2nc3c(s2)C(=O)CC(C)(C)C3)s1. The zero-order chi connectivity index (χ0) is 18.2. The van der Waals surface area contributed by atoms with Crippen LogP contribution in [0.3, 0.4) is 0 Å². The van der Waals surface area contributed by atoms with E-state index in [4.69, 9.17) is 0 Å². The molecular weight excluding hydrogens is 358 g/mol. The van der Waals surface area contributed by atoms with E-state index in [1.165, 1.54) is 22.7 Å². The predicted octanol–water partition coefficient (Wildman–Crippen LogP) is 3.04. The lowest BCUT2D eigenvalue weighted by molar-refractivity contribution is -0.115. The fourth-order valence-corrected chi connectivity index (χ4v) is 4.46. The van der Waals surface area contributed by atoms with Crippen LogP contribution in [0.15, 0.2) is 12.1 Å². The molecule has 6 nitrogen and oxygen atoms in total. The molecule has 8 heteroatoms.